The van der Waals surface area contributed by atoms with Crippen LogP contribution in [0, 0.1) is 5.41 Å². The van der Waals surface area contributed by atoms with Gasteiger partial charge in [0.2, 0.25) is 0 Å². The van der Waals surface area contributed by atoms with E-state index in [1.54, 1.807) is 0 Å². The summed E-state index contributed by atoms with van der Waals surface area (Å²) in [6, 6.07) is 0.984. The quantitative estimate of drug-likeness (QED) is 0.528. The van der Waals surface area contributed by atoms with E-state index in [4.69, 9.17) is 9.96 Å². The van der Waals surface area contributed by atoms with Gasteiger partial charge < -0.3 is 5.41 Å². The fourth-order valence-corrected chi connectivity index (χ4v) is 4.21. The molecule has 1 aromatic rings. The highest BCUT2D eigenvalue weighted by Gasteiger charge is 2.32. The van der Waals surface area contributed by atoms with Crippen LogP contribution >= 0.6 is 0 Å². The number of hydrogen-bond donors (Lipinski definition) is 4. The Balaban J connectivity index is 3.06. The van der Waals surface area contributed by atoms with E-state index in [0.29, 0.717) is 12.1 Å². The molecule has 2 rings (SSSR count). The lowest BCUT2D eigenvalue weighted by atomic mass is 9.95. The van der Waals surface area contributed by atoms with Crippen LogP contribution in [-0.2, 0) is 30.4 Å². The molecule has 4 N–H and O–H groups in total. The molecule has 23 heavy (non-hydrogen) atoms. The number of allylic oxidation sites excluding steroid dienone is 1. The fraction of sp³-hybridized carbons (Fsp3) is 0.100. The number of nitrogens with one attached hydrogen (secondary N) is 1. The van der Waals surface area contributed by atoms with E-state index in [0.717, 1.165) is 6.08 Å². The normalized spacial score (nSPS) is 16.0. The van der Waals surface area contributed by atoms with Crippen molar-refractivity contribution in [2.75, 3.05) is 0 Å². The summed E-state index contributed by atoms with van der Waals surface area (Å²) in [6.07, 6.45) is 0.497. The highest BCUT2D eigenvalue weighted by atomic mass is 32.2. The lowest BCUT2D eigenvalue weighted by molar-refractivity contribution is 0.479. The highest BCUT2D eigenvalue weighted by molar-refractivity contribution is 7.95. The summed E-state index contributed by atoms with van der Waals surface area (Å²) >= 11 is 0. The minimum Gasteiger partial charge on any atom is -0.304 e. The SMILES string of the molecule is N=C1CC=C(S(=O)(=O)O)c2cc(S(=O)(=O)O)cc(S(=O)(=O)O)c21. The monoisotopic (exact) mass is 383 g/mol. The van der Waals surface area contributed by atoms with Gasteiger partial charge in [-0.1, -0.05) is 6.08 Å². The molecule has 0 fully saturated rings. The van der Waals surface area contributed by atoms with Gasteiger partial charge in [0, 0.05) is 23.3 Å². The zero-order chi connectivity index (χ0) is 17.8. The van der Waals surface area contributed by atoms with Gasteiger partial charge in [0.1, 0.15) is 4.90 Å². The Morgan fingerprint density at radius 3 is 1.87 bits per heavy atom. The summed E-state index contributed by atoms with van der Waals surface area (Å²) in [5.41, 5.74) is -1.64. The molecule has 10 nitrogen and oxygen atoms in total. The van der Waals surface area contributed by atoms with Crippen molar-refractivity contribution in [2.45, 2.75) is 16.2 Å². The minimum absolute atomic E-state index is 0.379. The topological polar surface area (TPSA) is 187 Å². The molecule has 0 spiro atoms. The molecular weight excluding hydrogens is 374 g/mol. The third-order valence-electron chi connectivity index (χ3n) is 2.99. The maximum atomic E-state index is 11.4. The molecule has 0 saturated heterocycles. The molecule has 0 bridgehead atoms. The Kier molecular flexibility index (Phi) is 3.99. The average Bonchev–Trinajstić information content (AvgIpc) is 2.34. The van der Waals surface area contributed by atoms with Gasteiger partial charge in [-0.25, -0.2) is 0 Å². The van der Waals surface area contributed by atoms with Crippen LogP contribution in [0.5, 0.6) is 0 Å². The second kappa shape index (κ2) is 5.19. The zero-order valence-corrected chi connectivity index (χ0v) is 13.4. The van der Waals surface area contributed by atoms with Gasteiger partial charge in [-0.05, 0) is 12.1 Å². The molecular formula is C10H9NO9S3. The first-order valence-corrected chi connectivity index (χ1v) is 9.94. The number of rotatable bonds is 3. The van der Waals surface area contributed by atoms with E-state index in [1.165, 1.54) is 0 Å². The van der Waals surface area contributed by atoms with Gasteiger partial charge in [0.15, 0.2) is 0 Å². The molecule has 126 valence electrons. The number of benzene rings is 1. The Morgan fingerprint density at radius 2 is 1.43 bits per heavy atom. The first kappa shape index (κ1) is 17.7. The molecule has 0 saturated carbocycles. The van der Waals surface area contributed by atoms with Crippen molar-refractivity contribution >= 4 is 41.0 Å². The van der Waals surface area contributed by atoms with Crippen molar-refractivity contribution in [3.63, 3.8) is 0 Å². The van der Waals surface area contributed by atoms with E-state index in [9.17, 15) is 34.4 Å². The molecule has 0 heterocycles. The summed E-state index contributed by atoms with van der Waals surface area (Å²) in [7, 11) is -14.9. The van der Waals surface area contributed by atoms with E-state index < -0.39 is 61.9 Å². The van der Waals surface area contributed by atoms with Crippen LogP contribution in [-0.4, -0.2) is 44.6 Å². The van der Waals surface area contributed by atoms with Gasteiger partial charge in [-0.2, -0.15) is 25.3 Å². The first-order valence-electron chi connectivity index (χ1n) is 5.62. The van der Waals surface area contributed by atoms with Crippen LogP contribution in [0.15, 0.2) is 28.0 Å². The molecule has 13 heteroatoms. The van der Waals surface area contributed by atoms with Gasteiger partial charge in [0.05, 0.1) is 9.80 Å². The Morgan fingerprint density at radius 1 is 0.870 bits per heavy atom. The van der Waals surface area contributed by atoms with E-state index >= 15 is 0 Å². The van der Waals surface area contributed by atoms with Crippen molar-refractivity contribution in [3.8, 4) is 0 Å². The Bertz CT molecular complexity index is 1060. The standard InChI is InChI=1S/C10H9NO9S3/c11-7-1-2-8(22(15,16)17)6-3-5(21(12,13)14)4-9(10(6)7)23(18,19)20/h2-4,11H,1H2,(H,12,13,14)(H,15,16,17)(H,18,19,20). The van der Waals surface area contributed by atoms with Crippen molar-refractivity contribution in [1.82, 2.24) is 0 Å². The Labute approximate surface area is 131 Å². The second-order valence-corrected chi connectivity index (χ2v) is 8.72. The molecule has 0 unspecified atom stereocenters. The number of fused-ring (bicyclic) bond motifs is 1. The van der Waals surface area contributed by atoms with Crippen LogP contribution in [0.3, 0.4) is 0 Å². The van der Waals surface area contributed by atoms with Crippen molar-refractivity contribution in [1.29, 1.82) is 5.41 Å². The smallest absolute Gasteiger partial charge is 0.295 e. The molecule has 1 aromatic carbocycles. The first-order chi connectivity index (χ1) is 10.2. The third kappa shape index (κ3) is 3.34. The van der Waals surface area contributed by atoms with Crippen LogP contribution in [0.1, 0.15) is 17.5 Å². The molecule has 0 radical (unpaired) electrons. The van der Waals surface area contributed by atoms with Gasteiger partial charge in [-0.3, -0.25) is 13.7 Å². The zero-order valence-electron chi connectivity index (χ0n) is 11.0. The van der Waals surface area contributed by atoms with Crippen molar-refractivity contribution in [3.05, 3.63) is 29.3 Å². The summed E-state index contributed by atoms with van der Waals surface area (Å²) in [6.45, 7) is 0. The Hall–Kier alpha value is -1.64. The largest absolute Gasteiger partial charge is 0.304 e. The third-order valence-corrected chi connectivity index (χ3v) is 5.64. The highest BCUT2D eigenvalue weighted by Crippen LogP contribution is 2.35. The summed E-state index contributed by atoms with van der Waals surface area (Å²) in [5, 5.41) is 7.70. The molecule has 0 aliphatic heterocycles. The molecule has 0 aromatic heterocycles. The average molecular weight is 383 g/mol. The van der Waals surface area contributed by atoms with Gasteiger partial charge in [-0.15, -0.1) is 0 Å². The van der Waals surface area contributed by atoms with Gasteiger partial charge in [0.25, 0.3) is 30.4 Å². The van der Waals surface area contributed by atoms with E-state index in [-0.39, 0.29) is 6.42 Å². The van der Waals surface area contributed by atoms with E-state index in [1.807, 2.05) is 0 Å². The molecule has 0 atom stereocenters. The predicted molar refractivity (Wildman–Crippen MR) is 77.0 cm³/mol. The minimum atomic E-state index is -5.05. The fourth-order valence-electron chi connectivity index (χ4n) is 2.10. The van der Waals surface area contributed by atoms with Gasteiger partial charge >= 0.3 is 0 Å². The van der Waals surface area contributed by atoms with Crippen LogP contribution in [0.25, 0.3) is 4.91 Å². The summed E-state index contributed by atoms with van der Waals surface area (Å²) in [5.74, 6) is 0. The number of hydrogen-bond acceptors (Lipinski definition) is 7. The second-order valence-electron chi connectivity index (χ2n) is 4.52. The molecule has 0 amide bonds. The van der Waals surface area contributed by atoms with E-state index in [2.05, 4.69) is 0 Å². The molecule has 1 aliphatic carbocycles. The molecule has 1 aliphatic rings. The predicted octanol–water partition coefficient (Wildman–Crippen LogP) is 0.180. The van der Waals surface area contributed by atoms with Crippen LogP contribution in [0.2, 0.25) is 0 Å². The van der Waals surface area contributed by atoms with Crippen molar-refractivity contribution < 1.29 is 38.9 Å². The van der Waals surface area contributed by atoms with Crippen LogP contribution in [0.4, 0.5) is 0 Å². The lowest BCUT2D eigenvalue weighted by Gasteiger charge is -2.20. The maximum absolute atomic E-state index is 11.4. The summed E-state index contributed by atoms with van der Waals surface area (Å²) in [4.78, 5) is -2.92. The maximum Gasteiger partial charge on any atom is 0.295 e. The van der Waals surface area contributed by atoms with Crippen LogP contribution < -0.4 is 0 Å². The summed E-state index contributed by atoms with van der Waals surface area (Å²) < 4.78 is 95.5. The van der Waals surface area contributed by atoms with Crippen molar-refractivity contribution in [2.24, 2.45) is 0 Å². The lowest BCUT2D eigenvalue weighted by Crippen LogP contribution is -2.18.